The van der Waals surface area contributed by atoms with Gasteiger partial charge in [0.15, 0.2) is 0 Å². The van der Waals surface area contributed by atoms with E-state index in [0.717, 1.165) is 25.7 Å². The fourth-order valence-electron chi connectivity index (χ4n) is 3.09. The molecule has 0 rings (SSSR count). The van der Waals surface area contributed by atoms with Crippen LogP contribution in [0.25, 0.3) is 0 Å². The molecule has 0 aromatic heterocycles. The lowest BCUT2D eigenvalue weighted by Gasteiger charge is -2.17. The van der Waals surface area contributed by atoms with Crippen molar-refractivity contribution < 1.29 is 19.1 Å². The number of carbonyl (C=O) groups excluding carboxylic acids is 2. The fourth-order valence-corrected chi connectivity index (χ4v) is 3.09. The van der Waals surface area contributed by atoms with Gasteiger partial charge in [-0.25, -0.2) is 0 Å². The number of esters is 2. The van der Waals surface area contributed by atoms with Crippen molar-refractivity contribution in [3.8, 4) is 0 Å². The van der Waals surface area contributed by atoms with E-state index >= 15 is 0 Å². The Balaban J connectivity index is 3.94. The third-order valence-electron chi connectivity index (χ3n) is 5.45. The molecule has 4 heteroatoms. The van der Waals surface area contributed by atoms with Crippen LogP contribution >= 0.6 is 0 Å². The average Bonchev–Trinajstić information content (AvgIpc) is 2.67. The molecule has 0 saturated heterocycles. The molecule has 0 bridgehead atoms. The van der Waals surface area contributed by atoms with Crippen LogP contribution in [0.3, 0.4) is 0 Å². The lowest BCUT2D eigenvalue weighted by Crippen LogP contribution is -2.20. The van der Waals surface area contributed by atoms with Crippen LogP contribution in [0, 0.1) is 17.8 Å². The summed E-state index contributed by atoms with van der Waals surface area (Å²) < 4.78 is 10.9. The highest BCUT2D eigenvalue weighted by atomic mass is 16.5. The maximum absolute atomic E-state index is 12.1. The standard InChI is InChI=1S/C23H44O4/c1-6-10-14-20(8-3)17-26-22(24)16-12-13-19(5)23(25)27-18-21(9-4)15-11-7-2/h19-21H,6-18H2,1-5H3. The molecule has 0 aliphatic rings. The molecule has 4 nitrogen and oxygen atoms in total. The average molecular weight is 385 g/mol. The maximum atomic E-state index is 12.1. The normalized spacial score (nSPS) is 14.4. The zero-order chi connectivity index (χ0) is 20.5. The highest BCUT2D eigenvalue weighted by Crippen LogP contribution is 2.17. The van der Waals surface area contributed by atoms with Gasteiger partial charge in [-0.1, -0.05) is 73.1 Å². The van der Waals surface area contributed by atoms with Gasteiger partial charge in [-0.2, -0.15) is 0 Å². The molecule has 160 valence electrons. The van der Waals surface area contributed by atoms with Gasteiger partial charge in [0, 0.05) is 6.42 Å². The molecule has 0 heterocycles. The van der Waals surface area contributed by atoms with Gasteiger partial charge in [0.1, 0.15) is 0 Å². The van der Waals surface area contributed by atoms with Gasteiger partial charge in [0.2, 0.25) is 0 Å². The molecule has 0 fully saturated rings. The van der Waals surface area contributed by atoms with Gasteiger partial charge in [-0.05, 0) is 37.5 Å². The molecule has 0 aromatic carbocycles. The Morgan fingerprint density at radius 1 is 0.741 bits per heavy atom. The molecule has 0 saturated carbocycles. The quantitative estimate of drug-likeness (QED) is 0.276. The van der Waals surface area contributed by atoms with E-state index in [0.29, 0.717) is 44.3 Å². The predicted octanol–water partition coefficient (Wildman–Crippen LogP) is 6.31. The Hall–Kier alpha value is -1.06. The van der Waals surface area contributed by atoms with E-state index in [1.165, 1.54) is 25.7 Å². The SMILES string of the molecule is CCCCC(CC)COC(=O)CCCC(C)C(=O)OCC(CC)CCCC. The summed E-state index contributed by atoms with van der Waals surface area (Å²) in [6, 6.07) is 0. The summed E-state index contributed by atoms with van der Waals surface area (Å²) in [6.07, 6.45) is 10.8. The zero-order valence-corrected chi connectivity index (χ0v) is 18.6. The molecular weight excluding hydrogens is 340 g/mol. The predicted molar refractivity (Wildman–Crippen MR) is 112 cm³/mol. The number of hydrogen-bond acceptors (Lipinski definition) is 4. The first-order valence-corrected chi connectivity index (χ1v) is 11.3. The summed E-state index contributed by atoms with van der Waals surface area (Å²) in [5.41, 5.74) is 0. The minimum atomic E-state index is -0.158. The van der Waals surface area contributed by atoms with Crippen molar-refractivity contribution in [3.63, 3.8) is 0 Å². The van der Waals surface area contributed by atoms with Crippen molar-refractivity contribution in [1.82, 2.24) is 0 Å². The zero-order valence-electron chi connectivity index (χ0n) is 18.6. The second-order valence-electron chi connectivity index (χ2n) is 7.94. The number of hydrogen-bond donors (Lipinski definition) is 0. The first-order chi connectivity index (χ1) is 13.0. The van der Waals surface area contributed by atoms with Gasteiger partial charge >= 0.3 is 11.9 Å². The first-order valence-electron chi connectivity index (χ1n) is 11.3. The van der Waals surface area contributed by atoms with Crippen molar-refractivity contribution >= 4 is 11.9 Å². The second kappa shape index (κ2) is 17.1. The van der Waals surface area contributed by atoms with E-state index in [2.05, 4.69) is 27.7 Å². The third-order valence-corrected chi connectivity index (χ3v) is 5.45. The molecule has 0 radical (unpaired) electrons. The molecule has 0 aliphatic heterocycles. The van der Waals surface area contributed by atoms with Gasteiger partial charge < -0.3 is 9.47 Å². The fraction of sp³-hybridized carbons (Fsp3) is 0.913. The van der Waals surface area contributed by atoms with Crippen molar-refractivity contribution in [2.45, 2.75) is 105 Å². The lowest BCUT2D eigenvalue weighted by molar-refractivity contribution is -0.150. The number of rotatable bonds is 17. The topological polar surface area (TPSA) is 52.6 Å². The van der Waals surface area contributed by atoms with E-state index in [9.17, 15) is 9.59 Å². The van der Waals surface area contributed by atoms with Gasteiger partial charge in [0.05, 0.1) is 19.1 Å². The van der Waals surface area contributed by atoms with Crippen LogP contribution in [0.2, 0.25) is 0 Å². The largest absolute Gasteiger partial charge is 0.465 e. The Bertz CT molecular complexity index is 381. The molecule has 0 amide bonds. The molecule has 27 heavy (non-hydrogen) atoms. The van der Waals surface area contributed by atoms with E-state index in [-0.39, 0.29) is 17.9 Å². The van der Waals surface area contributed by atoms with Crippen LogP contribution in [0.15, 0.2) is 0 Å². The Morgan fingerprint density at radius 3 is 1.74 bits per heavy atom. The maximum Gasteiger partial charge on any atom is 0.308 e. The second-order valence-corrected chi connectivity index (χ2v) is 7.94. The molecule has 3 atom stereocenters. The number of ether oxygens (including phenoxy) is 2. The molecule has 3 unspecified atom stereocenters. The van der Waals surface area contributed by atoms with Crippen molar-refractivity contribution in [2.75, 3.05) is 13.2 Å². The minimum absolute atomic E-state index is 0.135. The van der Waals surface area contributed by atoms with Crippen LogP contribution in [0.1, 0.15) is 105 Å². The Kier molecular flexibility index (Phi) is 16.4. The summed E-state index contributed by atoms with van der Waals surface area (Å²) in [5.74, 6) is 0.506. The summed E-state index contributed by atoms with van der Waals surface area (Å²) in [6.45, 7) is 11.6. The lowest BCUT2D eigenvalue weighted by atomic mass is 10.00. The Morgan fingerprint density at radius 2 is 1.26 bits per heavy atom. The van der Waals surface area contributed by atoms with Gasteiger partial charge in [0.25, 0.3) is 0 Å². The van der Waals surface area contributed by atoms with Crippen LogP contribution < -0.4 is 0 Å². The van der Waals surface area contributed by atoms with Crippen LogP contribution in [0.4, 0.5) is 0 Å². The van der Waals surface area contributed by atoms with E-state index in [1.807, 2.05) is 6.92 Å². The molecule has 0 N–H and O–H groups in total. The van der Waals surface area contributed by atoms with Gasteiger partial charge in [-0.15, -0.1) is 0 Å². The van der Waals surface area contributed by atoms with E-state index in [1.54, 1.807) is 0 Å². The van der Waals surface area contributed by atoms with Crippen molar-refractivity contribution in [2.24, 2.45) is 17.8 Å². The summed E-state index contributed by atoms with van der Waals surface area (Å²) in [5, 5.41) is 0. The highest BCUT2D eigenvalue weighted by Gasteiger charge is 2.17. The Labute approximate surface area is 167 Å². The molecule has 0 aromatic rings. The van der Waals surface area contributed by atoms with Crippen molar-refractivity contribution in [1.29, 1.82) is 0 Å². The van der Waals surface area contributed by atoms with Crippen LogP contribution in [-0.4, -0.2) is 25.2 Å². The van der Waals surface area contributed by atoms with E-state index < -0.39 is 0 Å². The number of unbranched alkanes of at least 4 members (excludes halogenated alkanes) is 2. The molecular formula is C23H44O4. The van der Waals surface area contributed by atoms with Crippen LogP contribution in [-0.2, 0) is 19.1 Å². The highest BCUT2D eigenvalue weighted by molar-refractivity contribution is 5.72. The first kappa shape index (κ1) is 25.9. The smallest absolute Gasteiger partial charge is 0.308 e. The molecule has 0 aliphatic carbocycles. The summed E-state index contributed by atoms with van der Waals surface area (Å²) >= 11 is 0. The monoisotopic (exact) mass is 384 g/mol. The molecule has 0 spiro atoms. The van der Waals surface area contributed by atoms with E-state index in [4.69, 9.17) is 9.47 Å². The minimum Gasteiger partial charge on any atom is -0.465 e. The summed E-state index contributed by atoms with van der Waals surface area (Å²) in [4.78, 5) is 24.0. The third kappa shape index (κ3) is 13.7. The number of carbonyl (C=O) groups is 2. The van der Waals surface area contributed by atoms with Crippen molar-refractivity contribution in [3.05, 3.63) is 0 Å². The summed E-state index contributed by atoms with van der Waals surface area (Å²) in [7, 11) is 0. The van der Waals surface area contributed by atoms with Gasteiger partial charge in [-0.3, -0.25) is 9.59 Å². The van der Waals surface area contributed by atoms with Crippen LogP contribution in [0.5, 0.6) is 0 Å².